The van der Waals surface area contributed by atoms with Crippen LogP contribution in [-0.2, 0) is 6.54 Å². The maximum absolute atomic E-state index is 13.0. The zero-order valence-electron chi connectivity index (χ0n) is 15.5. The van der Waals surface area contributed by atoms with Crippen LogP contribution in [0.15, 0.2) is 53.5 Å². The van der Waals surface area contributed by atoms with E-state index in [4.69, 9.17) is 4.74 Å². The van der Waals surface area contributed by atoms with Crippen molar-refractivity contribution >= 4 is 29.9 Å². The van der Waals surface area contributed by atoms with E-state index in [9.17, 15) is 4.39 Å². The monoisotopic (exact) mass is 471 g/mol. The van der Waals surface area contributed by atoms with Gasteiger partial charge in [-0.25, -0.2) is 9.38 Å². The number of halogens is 2. The highest BCUT2D eigenvalue weighted by Crippen LogP contribution is 2.25. The highest BCUT2D eigenvalue weighted by atomic mass is 127. The molecule has 26 heavy (non-hydrogen) atoms. The second-order valence-corrected chi connectivity index (χ2v) is 5.85. The first kappa shape index (κ1) is 22.2. The number of nitrogens with zero attached hydrogens (tertiary/aromatic N) is 1. The van der Waals surface area contributed by atoms with Crippen LogP contribution < -0.4 is 15.4 Å². The van der Waals surface area contributed by atoms with Gasteiger partial charge >= 0.3 is 0 Å². The molecule has 2 aromatic rings. The summed E-state index contributed by atoms with van der Waals surface area (Å²) in [5.41, 5.74) is 2.13. The van der Waals surface area contributed by atoms with Gasteiger partial charge in [0.25, 0.3) is 0 Å². The van der Waals surface area contributed by atoms with Crippen LogP contribution in [0.1, 0.15) is 30.9 Å². The molecule has 0 saturated carbocycles. The smallest absolute Gasteiger partial charge is 0.191 e. The van der Waals surface area contributed by atoms with Crippen LogP contribution in [0, 0.1) is 5.82 Å². The highest BCUT2D eigenvalue weighted by molar-refractivity contribution is 14.0. The summed E-state index contributed by atoms with van der Waals surface area (Å²) in [6.07, 6.45) is 0. The lowest BCUT2D eigenvalue weighted by Crippen LogP contribution is -2.39. The first-order valence-corrected chi connectivity index (χ1v) is 8.53. The van der Waals surface area contributed by atoms with Crippen LogP contribution in [0.5, 0.6) is 5.75 Å². The van der Waals surface area contributed by atoms with E-state index in [0.717, 1.165) is 35.9 Å². The summed E-state index contributed by atoms with van der Waals surface area (Å²) in [4.78, 5) is 4.56. The number of benzene rings is 2. The Bertz CT molecular complexity index is 692. The van der Waals surface area contributed by atoms with Gasteiger partial charge in [0, 0.05) is 19.0 Å². The molecule has 0 aliphatic rings. The van der Waals surface area contributed by atoms with Gasteiger partial charge in [0.15, 0.2) is 5.96 Å². The second kappa shape index (κ2) is 11.7. The number of methoxy groups -OCH3 is 1. The van der Waals surface area contributed by atoms with Crippen LogP contribution in [0.2, 0.25) is 0 Å². The Hall–Kier alpha value is -1.83. The van der Waals surface area contributed by atoms with Gasteiger partial charge in [0.05, 0.1) is 13.7 Å². The van der Waals surface area contributed by atoms with Crippen LogP contribution in [0.3, 0.4) is 0 Å². The average Bonchev–Trinajstić information content (AvgIpc) is 2.65. The van der Waals surface area contributed by atoms with E-state index < -0.39 is 0 Å². The average molecular weight is 471 g/mol. The standard InChI is InChI=1S/C20H26FN3O.HI/c1-4-22-20(24-14-16-9-11-17(21)12-10-16)23-13-15(2)18-7-5-6-8-19(18)25-3;/h5-12,15H,4,13-14H2,1-3H3,(H2,22,23,24);1H. The Morgan fingerprint density at radius 3 is 2.46 bits per heavy atom. The Labute approximate surface area is 172 Å². The van der Waals surface area contributed by atoms with Crippen molar-refractivity contribution in [1.29, 1.82) is 0 Å². The molecule has 0 amide bonds. The number of hydrogen-bond acceptors (Lipinski definition) is 2. The lowest BCUT2D eigenvalue weighted by molar-refractivity contribution is 0.406. The van der Waals surface area contributed by atoms with Gasteiger partial charge in [-0.3, -0.25) is 0 Å². The fourth-order valence-corrected chi connectivity index (χ4v) is 2.54. The summed E-state index contributed by atoms with van der Waals surface area (Å²) in [6, 6.07) is 14.4. The Morgan fingerprint density at radius 2 is 1.81 bits per heavy atom. The minimum Gasteiger partial charge on any atom is -0.496 e. The zero-order valence-corrected chi connectivity index (χ0v) is 17.8. The van der Waals surface area contributed by atoms with Crippen LogP contribution in [0.25, 0.3) is 0 Å². The van der Waals surface area contributed by atoms with Crippen LogP contribution in [0.4, 0.5) is 4.39 Å². The summed E-state index contributed by atoms with van der Waals surface area (Å²) in [7, 11) is 1.69. The number of para-hydroxylation sites is 1. The molecule has 0 heterocycles. The molecule has 6 heteroatoms. The van der Waals surface area contributed by atoms with Gasteiger partial charge in [-0.15, -0.1) is 24.0 Å². The fourth-order valence-electron chi connectivity index (χ4n) is 2.54. The third-order valence-electron chi connectivity index (χ3n) is 3.92. The molecule has 0 fully saturated rings. The molecule has 1 unspecified atom stereocenters. The Morgan fingerprint density at radius 1 is 1.12 bits per heavy atom. The number of nitrogens with one attached hydrogen (secondary N) is 2. The van der Waals surface area contributed by atoms with Crippen molar-refractivity contribution in [3.63, 3.8) is 0 Å². The largest absolute Gasteiger partial charge is 0.496 e. The van der Waals surface area contributed by atoms with E-state index in [-0.39, 0.29) is 35.7 Å². The van der Waals surface area contributed by atoms with Gasteiger partial charge in [0.1, 0.15) is 11.6 Å². The molecule has 142 valence electrons. The van der Waals surface area contributed by atoms with Gasteiger partial charge in [-0.2, -0.15) is 0 Å². The summed E-state index contributed by atoms with van der Waals surface area (Å²) in [5, 5.41) is 6.59. The van der Waals surface area contributed by atoms with E-state index >= 15 is 0 Å². The molecule has 0 aliphatic carbocycles. The molecule has 0 bridgehead atoms. The normalized spacial score (nSPS) is 12.1. The van der Waals surface area contributed by atoms with Crippen molar-refractivity contribution < 1.29 is 9.13 Å². The molecule has 0 aromatic heterocycles. The third kappa shape index (κ3) is 6.82. The molecular formula is C20H27FIN3O. The van der Waals surface area contributed by atoms with E-state index in [1.54, 1.807) is 19.2 Å². The quantitative estimate of drug-likeness (QED) is 0.360. The van der Waals surface area contributed by atoms with Crippen molar-refractivity contribution in [3.8, 4) is 5.75 Å². The van der Waals surface area contributed by atoms with E-state index in [0.29, 0.717) is 6.54 Å². The molecule has 0 radical (unpaired) electrons. The van der Waals surface area contributed by atoms with Crippen molar-refractivity contribution in [2.45, 2.75) is 26.3 Å². The molecule has 2 rings (SSSR count). The van der Waals surface area contributed by atoms with E-state index in [1.807, 2.05) is 25.1 Å². The number of guanidine groups is 1. The summed E-state index contributed by atoms with van der Waals surface area (Å²) in [6.45, 7) is 6.18. The SMILES string of the molecule is CCNC(=NCc1ccc(F)cc1)NCC(C)c1ccccc1OC.I. The lowest BCUT2D eigenvalue weighted by atomic mass is 10.0. The summed E-state index contributed by atoms with van der Waals surface area (Å²) in [5.74, 6) is 1.67. The molecule has 1 atom stereocenters. The number of aliphatic imine (C=N–C) groups is 1. The topological polar surface area (TPSA) is 45.7 Å². The maximum atomic E-state index is 13.0. The lowest BCUT2D eigenvalue weighted by Gasteiger charge is -2.18. The van der Waals surface area contributed by atoms with E-state index in [2.05, 4.69) is 28.6 Å². The minimum atomic E-state index is -0.233. The van der Waals surface area contributed by atoms with Gasteiger partial charge in [-0.1, -0.05) is 37.3 Å². The minimum absolute atomic E-state index is 0. The molecule has 0 aliphatic heterocycles. The summed E-state index contributed by atoms with van der Waals surface area (Å²) < 4.78 is 18.4. The molecule has 2 aromatic carbocycles. The maximum Gasteiger partial charge on any atom is 0.191 e. The molecule has 0 saturated heterocycles. The summed E-state index contributed by atoms with van der Waals surface area (Å²) >= 11 is 0. The first-order valence-electron chi connectivity index (χ1n) is 8.53. The van der Waals surface area contributed by atoms with Crippen LogP contribution >= 0.6 is 24.0 Å². The number of hydrogen-bond donors (Lipinski definition) is 2. The first-order chi connectivity index (χ1) is 12.1. The highest BCUT2D eigenvalue weighted by Gasteiger charge is 2.11. The third-order valence-corrected chi connectivity index (χ3v) is 3.92. The van der Waals surface area contributed by atoms with Crippen molar-refractivity contribution in [2.24, 2.45) is 4.99 Å². The molecule has 2 N–H and O–H groups in total. The van der Waals surface area contributed by atoms with Gasteiger partial charge < -0.3 is 15.4 Å². The van der Waals surface area contributed by atoms with Crippen LogP contribution in [-0.4, -0.2) is 26.2 Å². The molecule has 4 nitrogen and oxygen atoms in total. The zero-order chi connectivity index (χ0) is 18.1. The van der Waals surface area contributed by atoms with Crippen molar-refractivity contribution in [1.82, 2.24) is 10.6 Å². The molecule has 0 spiro atoms. The van der Waals surface area contributed by atoms with Gasteiger partial charge in [0.2, 0.25) is 0 Å². The fraction of sp³-hybridized carbons (Fsp3) is 0.350. The van der Waals surface area contributed by atoms with Gasteiger partial charge in [-0.05, 0) is 36.2 Å². The predicted molar refractivity (Wildman–Crippen MR) is 116 cm³/mol. The second-order valence-electron chi connectivity index (χ2n) is 5.85. The number of ether oxygens (including phenoxy) is 1. The molecular weight excluding hydrogens is 444 g/mol. The van der Waals surface area contributed by atoms with Crippen molar-refractivity contribution in [3.05, 3.63) is 65.5 Å². The van der Waals surface area contributed by atoms with E-state index in [1.165, 1.54) is 12.1 Å². The van der Waals surface area contributed by atoms with Crippen molar-refractivity contribution in [2.75, 3.05) is 20.2 Å². The Kier molecular flexibility index (Phi) is 10.0. The predicted octanol–water partition coefficient (Wildman–Crippen LogP) is 4.31. The number of rotatable bonds is 7. The Balaban J connectivity index is 0.00000338.